The van der Waals surface area contributed by atoms with Gasteiger partial charge < -0.3 is 0 Å². The van der Waals surface area contributed by atoms with Gasteiger partial charge in [-0.3, -0.25) is 10.1 Å². The van der Waals surface area contributed by atoms with Crippen LogP contribution in [0.1, 0.15) is 33.2 Å². The van der Waals surface area contributed by atoms with Crippen LogP contribution in [0, 0.1) is 6.92 Å². The summed E-state index contributed by atoms with van der Waals surface area (Å²) < 4.78 is 0. The van der Waals surface area contributed by atoms with Crippen molar-refractivity contribution >= 4 is 34.0 Å². The Morgan fingerprint density at radius 3 is 2.95 bits per heavy atom. The maximum Gasteiger partial charge on any atom is 0.276 e. The summed E-state index contributed by atoms with van der Waals surface area (Å²) in [4.78, 5) is 25.6. The van der Waals surface area contributed by atoms with Gasteiger partial charge in [-0.15, -0.1) is 11.3 Å². The first-order valence-corrected chi connectivity index (χ1v) is 7.12. The highest BCUT2D eigenvalue weighted by Gasteiger charge is 2.18. The predicted octanol–water partition coefficient (Wildman–Crippen LogP) is 2.64. The first kappa shape index (κ1) is 12.5. The fourth-order valence-electron chi connectivity index (χ4n) is 2.05. The summed E-state index contributed by atoms with van der Waals surface area (Å²) in [6.07, 6.45) is 3.21. The molecule has 2 heterocycles. The van der Waals surface area contributed by atoms with Crippen LogP contribution in [0.25, 0.3) is 0 Å². The van der Waals surface area contributed by atoms with E-state index in [0.29, 0.717) is 10.8 Å². The lowest BCUT2D eigenvalue weighted by molar-refractivity contribution is 0.102. The molecule has 1 aliphatic rings. The fraction of sp³-hybridized carbons (Fsp3) is 0.333. The molecule has 0 saturated carbocycles. The van der Waals surface area contributed by atoms with Crippen LogP contribution < -0.4 is 5.32 Å². The molecule has 0 aliphatic heterocycles. The highest BCUT2D eigenvalue weighted by Crippen LogP contribution is 2.30. The number of nitrogens with one attached hydrogen (secondary N) is 1. The zero-order valence-corrected chi connectivity index (χ0v) is 11.8. The van der Waals surface area contributed by atoms with Crippen LogP contribution in [-0.2, 0) is 12.8 Å². The van der Waals surface area contributed by atoms with E-state index in [1.165, 1.54) is 16.2 Å². The second-order valence-electron chi connectivity index (χ2n) is 4.36. The van der Waals surface area contributed by atoms with Gasteiger partial charge in [-0.2, -0.15) is 0 Å². The van der Waals surface area contributed by atoms with Gasteiger partial charge in [0.25, 0.3) is 5.91 Å². The number of hydrogen-bond donors (Lipinski definition) is 1. The molecule has 2 aromatic heterocycles. The van der Waals surface area contributed by atoms with Gasteiger partial charge in [0.05, 0.1) is 5.69 Å². The average Bonchev–Trinajstić information content (AvgIpc) is 2.88. The molecule has 1 aliphatic carbocycles. The van der Waals surface area contributed by atoms with Crippen molar-refractivity contribution in [1.82, 2.24) is 15.0 Å². The number of rotatable bonds is 2. The normalized spacial score (nSPS) is 13.4. The van der Waals surface area contributed by atoms with Gasteiger partial charge in [0, 0.05) is 10.6 Å². The average molecular weight is 295 g/mol. The summed E-state index contributed by atoms with van der Waals surface area (Å²) in [5.74, 6) is -0.306. The molecule has 19 heavy (non-hydrogen) atoms. The van der Waals surface area contributed by atoms with Gasteiger partial charge in [0.1, 0.15) is 5.69 Å². The van der Waals surface area contributed by atoms with Crippen LogP contribution >= 0.6 is 22.9 Å². The van der Waals surface area contributed by atoms with E-state index in [0.717, 1.165) is 25.0 Å². The van der Waals surface area contributed by atoms with E-state index in [2.05, 4.69) is 20.3 Å². The highest BCUT2D eigenvalue weighted by atomic mass is 35.5. The van der Waals surface area contributed by atoms with Gasteiger partial charge in [0.2, 0.25) is 5.28 Å². The molecule has 2 aromatic rings. The molecule has 0 aromatic carbocycles. The number of aromatic nitrogens is 3. The first-order valence-electron chi connectivity index (χ1n) is 5.93. The third kappa shape index (κ3) is 2.59. The van der Waals surface area contributed by atoms with Crippen LogP contribution in [0.4, 0.5) is 5.13 Å². The predicted molar refractivity (Wildman–Crippen MR) is 73.9 cm³/mol. The molecule has 98 valence electrons. The maximum atomic E-state index is 12.1. The molecule has 0 bridgehead atoms. The Hall–Kier alpha value is -1.53. The molecule has 0 atom stereocenters. The van der Waals surface area contributed by atoms with E-state index in [1.807, 2.05) is 0 Å². The van der Waals surface area contributed by atoms with Gasteiger partial charge in [-0.1, -0.05) is 0 Å². The molecular formula is C12H11ClN4OS. The first-order chi connectivity index (χ1) is 9.11. The van der Waals surface area contributed by atoms with Crippen LogP contribution in [0.15, 0.2) is 6.07 Å². The van der Waals surface area contributed by atoms with Gasteiger partial charge >= 0.3 is 0 Å². The Morgan fingerprint density at radius 1 is 1.37 bits per heavy atom. The Kier molecular flexibility index (Phi) is 3.20. The maximum absolute atomic E-state index is 12.1. The molecule has 1 N–H and O–H groups in total. The molecule has 0 radical (unpaired) electrons. The summed E-state index contributed by atoms with van der Waals surface area (Å²) in [7, 11) is 0. The van der Waals surface area contributed by atoms with E-state index in [9.17, 15) is 4.79 Å². The number of fused-ring (bicyclic) bond motifs is 1. The van der Waals surface area contributed by atoms with Crippen LogP contribution in [0.5, 0.6) is 0 Å². The van der Waals surface area contributed by atoms with Gasteiger partial charge in [0.15, 0.2) is 5.13 Å². The monoisotopic (exact) mass is 294 g/mol. The molecule has 3 rings (SSSR count). The van der Waals surface area contributed by atoms with E-state index in [4.69, 9.17) is 11.6 Å². The minimum atomic E-state index is -0.306. The summed E-state index contributed by atoms with van der Waals surface area (Å²) >= 11 is 7.28. The van der Waals surface area contributed by atoms with Crippen molar-refractivity contribution in [2.45, 2.75) is 26.2 Å². The van der Waals surface area contributed by atoms with E-state index in [-0.39, 0.29) is 16.9 Å². The summed E-state index contributed by atoms with van der Waals surface area (Å²) in [6, 6.07) is 1.60. The topological polar surface area (TPSA) is 67.8 Å². The van der Waals surface area contributed by atoms with E-state index < -0.39 is 0 Å². The van der Waals surface area contributed by atoms with Crippen molar-refractivity contribution in [2.24, 2.45) is 0 Å². The van der Waals surface area contributed by atoms with E-state index >= 15 is 0 Å². The summed E-state index contributed by atoms with van der Waals surface area (Å²) in [5.41, 5.74) is 2.02. The molecular weight excluding hydrogens is 284 g/mol. The number of thiazole rings is 1. The summed E-state index contributed by atoms with van der Waals surface area (Å²) in [5, 5.41) is 3.46. The summed E-state index contributed by atoms with van der Waals surface area (Å²) in [6.45, 7) is 1.77. The molecule has 0 saturated heterocycles. The van der Waals surface area contributed by atoms with Crippen molar-refractivity contribution < 1.29 is 4.79 Å². The van der Waals surface area contributed by atoms with Crippen LogP contribution in [-0.4, -0.2) is 20.9 Å². The number of carbonyl (C=O) groups excluding carboxylic acids is 1. The SMILES string of the molecule is Cc1cc(C(=O)Nc2nc3c(s2)CCC3)nc(Cl)n1. The zero-order chi connectivity index (χ0) is 13.4. The highest BCUT2D eigenvalue weighted by molar-refractivity contribution is 7.15. The Labute approximate surface area is 119 Å². The molecule has 0 unspecified atom stereocenters. The number of nitrogens with zero attached hydrogens (tertiary/aromatic N) is 3. The van der Waals surface area contributed by atoms with Crippen molar-refractivity contribution in [1.29, 1.82) is 0 Å². The van der Waals surface area contributed by atoms with Crippen LogP contribution in [0.2, 0.25) is 5.28 Å². The van der Waals surface area contributed by atoms with Crippen molar-refractivity contribution in [3.8, 4) is 0 Å². The number of anilines is 1. The van der Waals surface area contributed by atoms with Gasteiger partial charge in [-0.05, 0) is 43.9 Å². The van der Waals surface area contributed by atoms with Crippen LogP contribution in [0.3, 0.4) is 0 Å². The van der Waals surface area contributed by atoms with E-state index in [1.54, 1.807) is 13.0 Å². The lowest BCUT2D eigenvalue weighted by Gasteiger charge is -2.02. The lowest BCUT2D eigenvalue weighted by Crippen LogP contribution is -2.14. The largest absolute Gasteiger partial charge is 0.296 e. The van der Waals surface area contributed by atoms with Crippen molar-refractivity contribution in [2.75, 3.05) is 5.32 Å². The van der Waals surface area contributed by atoms with Gasteiger partial charge in [-0.25, -0.2) is 15.0 Å². The number of halogens is 1. The van der Waals surface area contributed by atoms with Crippen molar-refractivity contribution in [3.63, 3.8) is 0 Å². The number of carbonyl (C=O) groups is 1. The molecule has 5 nitrogen and oxygen atoms in total. The quantitative estimate of drug-likeness (QED) is 0.865. The molecule has 0 spiro atoms. The second kappa shape index (κ2) is 4.86. The number of amides is 1. The molecule has 7 heteroatoms. The minimum absolute atomic E-state index is 0.0757. The minimum Gasteiger partial charge on any atom is -0.296 e. The Morgan fingerprint density at radius 2 is 2.21 bits per heavy atom. The third-order valence-electron chi connectivity index (χ3n) is 2.88. The fourth-order valence-corrected chi connectivity index (χ4v) is 3.32. The Bertz CT molecular complexity index is 613. The lowest BCUT2D eigenvalue weighted by atomic mass is 10.3. The van der Waals surface area contributed by atoms with Crippen molar-refractivity contribution in [3.05, 3.63) is 33.3 Å². The standard InChI is InChI=1S/C12H11ClN4OS/c1-6-5-8(15-11(13)14-6)10(18)17-12-16-7-3-2-4-9(7)19-12/h5H,2-4H2,1H3,(H,16,17,18). The molecule has 0 fully saturated rings. The smallest absolute Gasteiger partial charge is 0.276 e. The number of hydrogen-bond acceptors (Lipinski definition) is 5. The second-order valence-corrected chi connectivity index (χ2v) is 5.78. The molecule has 1 amide bonds. The third-order valence-corrected chi connectivity index (χ3v) is 4.12. The zero-order valence-electron chi connectivity index (χ0n) is 10.2. The number of aryl methyl sites for hydroxylation is 3. The Balaban J connectivity index is 1.80.